The Morgan fingerprint density at radius 3 is 3.11 bits per heavy atom. The lowest BCUT2D eigenvalue weighted by molar-refractivity contribution is 0.242. The third kappa shape index (κ3) is 2.74. The number of nitrogens with two attached hydrogens (primary N) is 1. The van der Waals surface area contributed by atoms with Gasteiger partial charge in [0.05, 0.1) is 5.69 Å². The van der Waals surface area contributed by atoms with E-state index in [4.69, 9.17) is 5.73 Å². The van der Waals surface area contributed by atoms with Gasteiger partial charge in [0.25, 0.3) is 0 Å². The molecule has 98 valence electrons. The van der Waals surface area contributed by atoms with Gasteiger partial charge >= 0.3 is 0 Å². The van der Waals surface area contributed by atoms with Gasteiger partial charge in [-0.1, -0.05) is 6.07 Å². The van der Waals surface area contributed by atoms with E-state index in [-0.39, 0.29) is 0 Å². The molecule has 0 saturated heterocycles. The third-order valence-corrected chi connectivity index (χ3v) is 3.98. The standard InChI is InChI=1S/C13H14BrN5/c14-12-9(2-1-4-16-12)7-19-5-3-11-10(8-19)6-17-13(15)18-11/h1-2,4,6H,3,5,7-8H2,(H2,15,17,18). The number of hydrogen-bond donors (Lipinski definition) is 1. The van der Waals surface area contributed by atoms with E-state index >= 15 is 0 Å². The minimum absolute atomic E-state index is 0.363. The number of nitrogens with zero attached hydrogens (tertiary/aromatic N) is 4. The number of nitrogen functional groups attached to an aromatic ring is 1. The van der Waals surface area contributed by atoms with Crippen molar-refractivity contribution in [3.05, 3.63) is 46.0 Å². The largest absolute Gasteiger partial charge is 0.368 e. The molecular weight excluding hydrogens is 306 g/mol. The maximum absolute atomic E-state index is 5.61. The number of rotatable bonds is 2. The molecule has 5 nitrogen and oxygen atoms in total. The van der Waals surface area contributed by atoms with Crippen molar-refractivity contribution < 1.29 is 0 Å². The van der Waals surface area contributed by atoms with Crippen molar-refractivity contribution in [3.8, 4) is 0 Å². The molecule has 0 radical (unpaired) electrons. The zero-order valence-electron chi connectivity index (χ0n) is 10.4. The van der Waals surface area contributed by atoms with E-state index in [2.05, 4.69) is 41.8 Å². The van der Waals surface area contributed by atoms with Crippen LogP contribution >= 0.6 is 15.9 Å². The molecule has 0 bridgehead atoms. The van der Waals surface area contributed by atoms with Crippen molar-refractivity contribution in [2.24, 2.45) is 0 Å². The molecule has 1 aliphatic heterocycles. The molecule has 2 aromatic heterocycles. The highest BCUT2D eigenvalue weighted by Gasteiger charge is 2.18. The van der Waals surface area contributed by atoms with Crippen LogP contribution in [0.3, 0.4) is 0 Å². The van der Waals surface area contributed by atoms with Gasteiger partial charge in [-0.25, -0.2) is 15.0 Å². The van der Waals surface area contributed by atoms with Crippen LogP contribution in [-0.2, 0) is 19.5 Å². The van der Waals surface area contributed by atoms with Gasteiger partial charge in [0.15, 0.2) is 0 Å². The molecular formula is C13H14BrN5. The van der Waals surface area contributed by atoms with Crippen LogP contribution < -0.4 is 5.73 Å². The van der Waals surface area contributed by atoms with E-state index in [0.29, 0.717) is 5.95 Å². The first kappa shape index (κ1) is 12.5. The topological polar surface area (TPSA) is 67.9 Å². The molecule has 0 saturated carbocycles. The predicted octanol–water partition coefficient (Wildman–Crippen LogP) is 1.77. The summed E-state index contributed by atoms with van der Waals surface area (Å²) in [6, 6.07) is 4.05. The van der Waals surface area contributed by atoms with Gasteiger partial charge in [0.2, 0.25) is 5.95 Å². The highest BCUT2D eigenvalue weighted by molar-refractivity contribution is 9.10. The second-order valence-electron chi connectivity index (χ2n) is 4.61. The molecule has 0 spiro atoms. The molecule has 0 fully saturated rings. The molecule has 0 atom stereocenters. The van der Waals surface area contributed by atoms with Gasteiger partial charge in [0.1, 0.15) is 4.60 Å². The van der Waals surface area contributed by atoms with E-state index in [1.54, 1.807) is 6.20 Å². The molecule has 0 aliphatic carbocycles. The summed E-state index contributed by atoms with van der Waals surface area (Å²) in [5.41, 5.74) is 9.05. The Balaban J connectivity index is 1.76. The van der Waals surface area contributed by atoms with Crippen LogP contribution in [0.25, 0.3) is 0 Å². The number of pyridine rings is 1. The van der Waals surface area contributed by atoms with Crippen molar-refractivity contribution in [3.63, 3.8) is 0 Å². The molecule has 1 aliphatic rings. The van der Waals surface area contributed by atoms with Crippen LogP contribution in [0.1, 0.15) is 16.8 Å². The quantitative estimate of drug-likeness (QED) is 0.854. The van der Waals surface area contributed by atoms with E-state index in [0.717, 1.165) is 36.4 Å². The van der Waals surface area contributed by atoms with E-state index in [9.17, 15) is 0 Å². The Kier molecular flexibility index (Phi) is 3.44. The Morgan fingerprint density at radius 2 is 2.26 bits per heavy atom. The zero-order valence-corrected chi connectivity index (χ0v) is 12.0. The number of aromatic nitrogens is 3. The van der Waals surface area contributed by atoms with Crippen molar-refractivity contribution in [2.75, 3.05) is 12.3 Å². The fraction of sp³-hybridized carbons (Fsp3) is 0.308. The molecule has 0 aromatic carbocycles. The average Bonchev–Trinajstić information content (AvgIpc) is 2.41. The van der Waals surface area contributed by atoms with Crippen LogP contribution in [0.5, 0.6) is 0 Å². The predicted molar refractivity (Wildman–Crippen MR) is 76.2 cm³/mol. The van der Waals surface area contributed by atoms with Gasteiger partial charge < -0.3 is 5.73 Å². The summed E-state index contributed by atoms with van der Waals surface area (Å²) in [5.74, 6) is 0.363. The Labute approximate surface area is 120 Å². The van der Waals surface area contributed by atoms with Crippen LogP contribution in [-0.4, -0.2) is 26.4 Å². The molecule has 19 heavy (non-hydrogen) atoms. The SMILES string of the molecule is Nc1ncc2c(n1)CCN(Cc1cccnc1Br)C2. The fourth-order valence-electron chi connectivity index (χ4n) is 2.30. The summed E-state index contributed by atoms with van der Waals surface area (Å²) in [7, 11) is 0. The molecule has 2 N–H and O–H groups in total. The lowest BCUT2D eigenvalue weighted by Gasteiger charge is -2.28. The van der Waals surface area contributed by atoms with Gasteiger partial charge in [-0.15, -0.1) is 0 Å². The molecule has 3 rings (SSSR count). The van der Waals surface area contributed by atoms with Crippen LogP contribution in [0.4, 0.5) is 5.95 Å². The first-order valence-electron chi connectivity index (χ1n) is 6.14. The highest BCUT2D eigenvalue weighted by Crippen LogP contribution is 2.21. The summed E-state index contributed by atoms with van der Waals surface area (Å²) in [6.07, 6.45) is 4.54. The van der Waals surface area contributed by atoms with Gasteiger partial charge in [-0.05, 0) is 27.6 Å². The minimum atomic E-state index is 0.363. The number of anilines is 1. The number of hydrogen-bond acceptors (Lipinski definition) is 5. The van der Waals surface area contributed by atoms with Gasteiger partial charge in [-0.3, -0.25) is 4.90 Å². The summed E-state index contributed by atoms with van der Waals surface area (Å²) in [5, 5.41) is 0. The highest BCUT2D eigenvalue weighted by atomic mass is 79.9. The summed E-state index contributed by atoms with van der Waals surface area (Å²) in [6.45, 7) is 2.71. The molecule has 6 heteroatoms. The fourth-order valence-corrected chi connectivity index (χ4v) is 2.68. The molecule has 0 unspecified atom stereocenters. The smallest absolute Gasteiger partial charge is 0.220 e. The first-order valence-corrected chi connectivity index (χ1v) is 6.93. The van der Waals surface area contributed by atoms with Crippen LogP contribution in [0, 0.1) is 0 Å². The Hall–Kier alpha value is -1.53. The summed E-state index contributed by atoms with van der Waals surface area (Å²) < 4.78 is 0.911. The lowest BCUT2D eigenvalue weighted by Crippen LogP contribution is -2.31. The lowest BCUT2D eigenvalue weighted by atomic mass is 10.1. The molecule has 0 amide bonds. The van der Waals surface area contributed by atoms with Crippen molar-refractivity contribution in [1.29, 1.82) is 0 Å². The Morgan fingerprint density at radius 1 is 1.37 bits per heavy atom. The maximum Gasteiger partial charge on any atom is 0.220 e. The van der Waals surface area contributed by atoms with E-state index in [1.165, 1.54) is 11.1 Å². The normalized spacial score (nSPS) is 15.2. The minimum Gasteiger partial charge on any atom is -0.368 e. The monoisotopic (exact) mass is 319 g/mol. The molecule has 2 aromatic rings. The second-order valence-corrected chi connectivity index (χ2v) is 5.37. The average molecular weight is 320 g/mol. The number of fused-ring (bicyclic) bond motifs is 1. The summed E-state index contributed by atoms with van der Waals surface area (Å²) in [4.78, 5) is 15.0. The summed E-state index contributed by atoms with van der Waals surface area (Å²) >= 11 is 3.49. The molecule has 3 heterocycles. The van der Waals surface area contributed by atoms with Crippen LogP contribution in [0.15, 0.2) is 29.1 Å². The number of halogens is 1. The van der Waals surface area contributed by atoms with Crippen molar-refractivity contribution >= 4 is 21.9 Å². The van der Waals surface area contributed by atoms with Gasteiger partial charge in [-0.2, -0.15) is 0 Å². The van der Waals surface area contributed by atoms with Crippen molar-refractivity contribution in [2.45, 2.75) is 19.5 Å². The Bertz CT molecular complexity index is 601. The third-order valence-electron chi connectivity index (χ3n) is 3.26. The first-order chi connectivity index (χ1) is 9.22. The van der Waals surface area contributed by atoms with Crippen molar-refractivity contribution in [1.82, 2.24) is 19.9 Å². The second kappa shape index (κ2) is 5.22. The van der Waals surface area contributed by atoms with E-state index < -0.39 is 0 Å². The van der Waals surface area contributed by atoms with Crippen LogP contribution in [0.2, 0.25) is 0 Å². The van der Waals surface area contributed by atoms with Gasteiger partial charge in [0, 0.05) is 44.0 Å². The van der Waals surface area contributed by atoms with E-state index in [1.807, 2.05) is 12.3 Å². The maximum atomic E-state index is 5.61. The zero-order chi connectivity index (χ0) is 13.2.